The first-order valence-electron chi connectivity index (χ1n) is 6.23. The van der Waals surface area contributed by atoms with Crippen molar-refractivity contribution in [3.05, 3.63) is 35.3 Å². The molecule has 5 heteroatoms. The molecule has 0 aliphatic carbocycles. The highest BCUT2D eigenvalue weighted by atomic mass is 16.3. The van der Waals surface area contributed by atoms with Gasteiger partial charge in [-0.15, -0.1) is 0 Å². The van der Waals surface area contributed by atoms with Crippen LogP contribution in [0.3, 0.4) is 0 Å². The van der Waals surface area contributed by atoms with Crippen molar-refractivity contribution in [2.75, 3.05) is 6.61 Å². The second kappa shape index (κ2) is 4.66. The molecule has 2 N–H and O–H groups in total. The smallest absolute Gasteiger partial charge is 0.270 e. The van der Waals surface area contributed by atoms with Crippen LogP contribution in [-0.2, 0) is 0 Å². The molecule has 2 aromatic heterocycles. The van der Waals surface area contributed by atoms with Gasteiger partial charge in [-0.25, -0.2) is 4.98 Å². The Morgan fingerprint density at radius 1 is 1.47 bits per heavy atom. The molecule has 2 rings (SSSR count). The van der Waals surface area contributed by atoms with Crippen LogP contribution in [0.4, 0.5) is 0 Å². The number of carbonyl (C=O) groups is 1. The van der Waals surface area contributed by atoms with E-state index in [9.17, 15) is 9.90 Å². The van der Waals surface area contributed by atoms with Gasteiger partial charge in [0.25, 0.3) is 5.91 Å². The Kier molecular flexibility index (Phi) is 3.32. The number of hydrogen-bond donors (Lipinski definition) is 2. The summed E-state index contributed by atoms with van der Waals surface area (Å²) in [4.78, 5) is 16.7. The number of amides is 1. The zero-order valence-electron chi connectivity index (χ0n) is 11.7. The molecule has 2 heterocycles. The summed E-state index contributed by atoms with van der Waals surface area (Å²) in [5.41, 5.74) is 2.39. The maximum Gasteiger partial charge on any atom is 0.270 e. The SMILES string of the molecule is Cc1ccn2c(C(=O)NC(C)(C)CO)c(C)nc2c1. The third-order valence-corrected chi connectivity index (χ3v) is 3.02. The highest BCUT2D eigenvalue weighted by molar-refractivity contribution is 5.95. The predicted molar refractivity (Wildman–Crippen MR) is 73.3 cm³/mol. The van der Waals surface area contributed by atoms with Crippen LogP contribution in [0, 0.1) is 13.8 Å². The van der Waals surface area contributed by atoms with Crippen LogP contribution in [-0.4, -0.2) is 32.5 Å². The Morgan fingerprint density at radius 2 is 2.16 bits per heavy atom. The second-order valence-corrected chi connectivity index (χ2v) is 5.47. The lowest BCUT2D eigenvalue weighted by atomic mass is 10.1. The van der Waals surface area contributed by atoms with E-state index < -0.39 is 5.54 Å². The summed E-state index contributed by atoms with van der Waals surface area (Å²) in [5.74, 6) is -0.229. The Labute approximate surface area is 112 Å². The highest BCUT2D eigenvalue weighted by Crippen LogP contribution is 2.14. The average molecular weight is 261 g/mol. The summed E-state index contributed by atoms with van der Waals surface area (Å²) < 4.78 is 1.77. The van der Waals surface area contributed by atoms with Crippen molar-refractivity contribution in [3.63, 3.8) is 0 Å². The molecule has 0 unspecified atom stereocenters. The minimum absolute atomic E-state index is 0.117. The number of rotatable bonds is 3. The Balaban J connectivity index is 2.45. The van der Waals surface area contributed by atoms with Gasteiger partial charge in [0, 0.05) is 6.20 Å². The molecular formula is C14H19N3O2. The summed E-state index contributed by atoms with van der Waals surface area (Å²) in [5, 5.41) is 12.0. The van der Waals surface area contributed by atoms with Gasteiger partial charge in [-0.05, 0) is 45.4 Å². The van der Waals surface area contributed by atoms with Gasteiger partial charge in [-0.3, -0.25) is 9.20 Å². The average Bonchev–Trinajstić information content (AvgIpc) is 2.63. The number of aliphatic hydroxyl groups excluding tert-OH is 1. The summed E-state index contributed by atoms with van der Waals surface area (Å²) in [6.45, 7) is 7.22. The number of pyridine rings is 1. The van der Waals surface area contributed by atoms with Crippen LogP contribution in [0.25, 0.3) is 5.65 Å². The quantitative estimate of drug-likeness (QED) is 0.879. The Morgan fingerprint density at radius 3 is 2.79 bits per heavy atom. The monoisotopic (exact) mass is 261 g/mol. The molecule has 0 aromatic carbocycles. The van der Waals surface area contributed by atoms with E-state index in [1.807, 2.05) is 32.2 Å². The van der Waals surface area contributed by atoms with Gasteiger partial charge >= 0.3 is 0 Å². The fourth-order valence-electron chi connectivity index (χ4n) is 1.94. The molecule has 0 radical (unpaired) electrons. The van der Waals surface area contributed by atoms with Crippen molar-refractivity contribution in [1.29, 1.82) is 0 Å². The van der Waals surface area contributed by atoms with E-state index in [-0.39, 0.29) is 12.5 Å². The van der Waals surface area contributed by atoms with E-state index in [2.05, 4.69) is 10.3 Å². The summed E-state index contributed by atoms with van der Waals surface area (Å²) in [6.07, 6.45) is 1.84. The molecule has 0 bridgehead atoms. The number of carbonyl (C=O) groups excluding carboxylic acids is 1. The van der Waals surface area contributed by atoms with E-state index in [0.29, 0.717) is 11.4 Å². The topological polar surface area (TPSA) is 66.6 Å². The Bertz CT molecular complexity index is 629. The highest BCUT2D eigenvalue weighted by Gasteiger charge is 2.23. The maximum atomic E-state index is 12.3. The van der Waals surface area contributed by atoms with Crippen molar-refractivity contribution in [3.8, 4) is 0 Å². The molecule has 102 valence electrons. The van der Waals surface area contributed by atoms with Crippen LogP contribution in [0.1, 0.15) is 35.6 Å². The third-order valence-electron chi connectivity index (χ3n) is 3.02. The first-order chi connectivity index (χ1) is 8.84. The number of fused-ring (bicyclic) bond motifs is 1. The molecular weight excluding hydrogens is 242 g/mol. The maximum absolute atomic E-state index is 12.3. The van der Waals surface area contributed by atoms with Crippen LogP contribution < -0.4 is 5.32 Å². The number of aryl methyl sites for hydroxylation is 2. The van der Waals surface area contributed by atoms with E-state index in [4.69, 9.17) is 0 Å². The summed E-state index contributed by atoms with van der Waals surface area (Å²) >= 11 is 0. The molecule has 0 saturated carbocycles. The third kappa shape index (κ3) is 2.61. The minimum atomic E-state index is -0.654. The molecule has 2 aromatic rings. The van der Waals surface area contributed by atoms with Gasteiger partial charge in [0.1, 0.15) is 11.3 Å². The minimum Gasteiger partial charge on any atom is -0.394 e. The van der Waals surface area contributed by atoms with Crippen molar-refractivity contribution in [1.82, 2.24) is 14.7 Å². The van der Waals surface area contributed by atoms with Gasteiger partial charge in [0.05, 0.1) is 17.8 Å². The molecule has 5 nitrogen and oxygen atoms in total. The first-order valence-corrected chi connectivity index (χ1v) is 6.23. The van der Waals surface area contributed by atoms with Gasteiger partial charge in [0.2, 0.25) is 0 Å². The van der Waals surface area contributed by atoms with Crippen molar-refractivity contribution in [2.24, 2.45) is 0 Å². The molecule has 0 aliphatic heterocycles. The number of imidazole rings is 1. The number of nitrogens with zero attached hydrogens (tertiary/aromatic N) is 2. The van der Waals surface area contributed by atoms with Crippen molar-refractivity contribution < 1.29 is 9.90 Å². The van der Waals surface area contributed by atoms with E-state index in [1.165, 1.54) is 0 Å². The van der Waals surface area contributed by atoms with Crippen molar-refractivity contribution in [2.45, 2.75) is 33.2 Å². The number of aliphatic hydroxyl groups is 1. The molecule has 0 fully saturated rings. The lowest BCUT2D eigenvalue weighted by Gasteiger charge is -2.23. The largest absolute Gasteiger partial charge is 0.394 e. The van der Waals surface area contributed by atoms with Crippen LogP contribution in [0.2, 0.25) is 0 Å². The molecule has 0 aliphatic rings. The number of aromatic nitrogens is 2. The lowest BCUT2D eigenvalue weighted by Crippen LogP contribution is -2.46. The first kappa shape index (κ1) is 13.5. The van der Waals surface area contributed by atoms with E-state index in [0.717, 1.165) is 11.2 Å². The molecule has 19 heavy (non-hydrogen) atoms. The standard InChI is InChI=1S/C14H19N3O2/c1-9-5-6-17-11(7-9)15-10(2)12(17)13(19)16-14(3,4)8-18/h5-7,18H,8H2,1-4H3,(H,16,19). The molecule has 0 saturated heterocycles. The van der Waals surface area contributed by atoms with Gasteiger partial charge in [-0.1, -0.05) is 0 Å². The summed E-state index contributed by atoms with van der Waals surface area (Å²) in [6, 6.07) is 3.86. The fourth-order valence-corrected chi connectivity index (χ4v) is 1.94. The van der Waals surface area contributed by atoms with Crippen LogP contribution in [0.15, 0.2) is 18.3 Å². The zero-order valence-corrected chi connectivity index (χ0v) is 11.7. The van der Waals surface area contributed by atoms with E-state index >= 15 is 0 Å². The second-order valence-electron chi connectivity index (χ2n) is 5.47. The normalized spacial score (nSPS) is 11.8. The summed E-state index contributed by atoms with van der Waals surface area (Å²) in [7, 11) is 0. The van der Waals surface area contributed by atoms with Gasteiger partial charge < -0.3 is 10.4 Å². The zero-order chi connectivity index (χ0) is 14.2. The predicted octanol–water partition coefficient (Wildman–Crippen LogP) is 1.45. The van der Waals surface area contributed by atoms with Gasteiger partial charge in [0.15, 0.2) is 0 Å². The molecule has 0 spiro atoms. The molecule has 0 atom stereocenters. The number of nitrogens with one attached hydrogen (secondary N) is 1. The van der Waals surface area contributed by atoms with E-state index in [1.54, 1.807) is 18.2 Å². The molecule has 1 amide bonds. The van der Waals surface area contributed by atoms with Crippen molar-refractivity contribution >= 4 is 11.6 Å². The van der Waals surface area contributed by atoms with Gasteiger partial charge in [-0.2, -0.15) is 0 Å². The van der Waals surface area contributed by atoms with Crippen LogP contribution >= 0.6 is 0 Å². The number of hydrogen-bond acceptors (Lipinski definition) is 3. The Hall–Kier alpha value is -1.88. The lowest BCUT2D eigenvalue weighted by molar-refractivity contribution is 0.0862. The fraction of sp³-hybridized carbons (Fsp3) is 0.429. The van der Waals surface area contributed by atoms with Crippen LogP contribution in [0.5, 0.6) is 0 Å².